The van der Waals surface area contributed by atoms with E-state index in [0.717, 1.165) is 12.8 Å². The lowest BCUT2D eigenvalue weighted by Crippen LogP contribution is -2.23. The first-order valence-electron chi connectivity index (χ1n) is 6.54. The van der Waals surface area contributed by atoms with Crippen molar-refractivity contribution < 1.29 is 23.1 Å². The quantitative estimate of drug-likeness (QED) is 0.918. The molecule has 0 aliphatic carbocycles. The third kappa shape index (κ3) is 3.37. The normalized spacial score (nSPS) is 17.1. The maximum atomic E-state index is 12.4. The Bertz CT molecular complexity index is 600. The van der Waals surface area contributed by atoms with E-state index in [2.05, 4.69) is 0 Å². The standard InChI is InChI=1S/C14H18O5S/c1-10-2-3-12(8-13(10)14(15)16)20(17,18)9-11-4-6-19-7-5-11/h2-3,8,11H,4-7,9H2,1H3,(H,15,16). The molecule has 20 heavy (non-hydrogen) atoms. The summed E-state index contributed by atoms with van der Waals surface area (Å²) < 4.78 is 29.9. The Morgan fingerprint density at radius 1 is 1.35 bits per heavy atom. The molecule has 2 rings (SSSR count). The van der Waals surface area contributed by atoms with Gasteiger partial charge in [0.15, 0.2) is 9.84 Å². The van der Waals surface area contributed by atoms with E-state index in [4.69, 9.17) is 9.84 Å². The van der Waals surface area contributed by atoms with E-state index in [1.54, 1.807) is 13.0 Å². The first kappa shape index (κ1) is 15.0. The van der Waals surface area contributed by atoms with Crippen LogP contribution in [0.2, 0.25) is 0 Å². The van der Waals surface area contributed by atoms with E-state index < -0.39 is 15.8 Å². The zero-order chi connectivity index (χ0) is 14.8. The molecule has 1 N–H and O–H groups in total. The number of rotatable bonds is 4. The van der Waals surface area contributed by atoms with Gasteiger partial charge < -0.3 is 9.84 Å². The molecular weight excluding hydrogens is 280 g/mol. The molecule has 0 spiro atoms. The third-order valence-corrected chi connectivity index (χ3v) is 5.48. The number of carbonyl (C=O) groups is 1. The van der Waals surface area contributed by atoms with Crippen LogP contribution in [-0.2, 0) is 14.6 Å². The van der Waals surface area contributed by atoms with Crippen LogP contribution < -0.4 is 0 Å². The second kappa shape index (κ2) is 5.93. The van der Waals surface area contributed by atoms with Crippen LogP contribution in [0.3, 0.4) is 0 Å². The number of aryl methyl sites for hydroxylation is 1. The molecule has 1 heterocycles. The van der Waals surface area contributed by atoms with Gasteiger partial charge in [0, 0.05) is 13.2 Å². The Balaban J connectivity index is 2.24. The van der Waals surface area contributed by atoms with Crippen molar-refractivity contribution in [2.45, 2.75) is 24.7 Å². The van der Waals surface area contributed by atoms with Crippen LogP contribution in [-0.4, -0.2) is 38.5 Å². The van der Waals surface area contributed by atoms with Crippen LogP contribution in [0.4, 0.5) is 0 Å². The zero-order valence-electron chi connectivity index (χ0n) is 11.3. The van der Waals surface area contributed by atoms with Crippen molar-refractivity contribution in [3.8, 4) is 0 Å². The molecular formula is C14H18O5S. The van der Waals surface area contributed by atoms with Crippen molar-refractivity contribution >= 4 is 15.8 Å². The van der Waals surface area contributed by atoms with E-state index in [9.17, 15) is 13.2 Å². The molecule has 1 aromatic carbocycles. The second-order valence-corrected chi connectivity index (χ2v) is 7.15. The minimum atomic E-state index is -3.45. The highest BCUT2D eigenvalue weighted by Gasteiger charge is 2.24. The van der Waals surface area contributed by atoms with Gasteiger partial charge in [-0.15, -0.1) is 0 Å². The molecule has 1 aliphatic rings. The monoisotopic (exact) mass is 298 g/mol. The molecule has 110 valence electrons. The van der Waals surface area contributed by atoms with E-state index in [0.29, 0.717) is 18.8 Å². The van der Waals surface area contributed by atoms with Crippen molar-refractivity contribution in [3.05, 3.63) is 29.3 Å². The minimum Gasteiger partial charge on any atom is -0.478 e. The van der Waals surface area contributed by atoms with Gasteiger partial charge in [-0.1, -0.05) is 6.07 Å². The summed E-state index contributed by atoms with van der Waals surface area (Å²) in [6.45, 7) is 2.83. The first-order valence-corrected chi connectivity index (χ1v) is 8.20. The topological polar surface area (TPSA) is 80.7 Å². The van der Waals surface area contributed by atoms with Crippen molar-refractivity contribution in [1.29, 1.82) is 0 Å². The molecule has 0 unspecified atom stereocenters. The summed E-state index contributed by atoms with van der Waals surface area (Å²) in [5, 5.41) is 9.07. The van der Waals surface area contributed by atoms with Gasteiger partial charge >= 0.3 is 5.97 Å². The Morgan fingerprint density at radius 2 is 2.00 bits per heavy atom. The van der Waals surface area contributed by atoms with Crippen LogP contribution in [0.1, 0.15) is 28.8 Å². The number of carboxylic acid groups (broad SMARTS) is 1. The molecule has 1 aliphatic heterocycles. The van der Waals surface area contributed by atoms with Gasteiger partial charge in [-0.25, -0.2) is 13.2 Å². The number of hydrogen-bond donors (Lipinski definition) is 1. The molecule has 6 heteroatoms. The average Bonchev–Trinajstić information content (AvgIpc) is 2.39. The molecule has 0 amide bonds. The number of aromatic carboxylic acids is 1. The fourth-order valence-corrected chi connectivity index (χ4v) is 4.06. The van der Waals surface area contributed by atoms with Crippen LogP contribution in [0.25, 0.3) is 0 Å². The molecule has 1 aromatic rings. The lowest BCUT2D eigenvalue weighted by atomic mass is 10.0. The number of benzene rings is 1. The highest BCUT2D eigenvalue weighted by molar-refractivity contribution is 7.91. The summed E-state index contributed by atoms with van der Waals surface area (Å²) >= 11 is 0. The summed E-state index contributed by atoms with van der Waals surface area (Å²) in [7, 11) is -3.45. The fraction of sp³-hybridized carbons (Fsp3) is 0.500. The van der Waals surface area contributed by atoms with Crippen LogP contribution >= 0.6 is 0 Å². The summed E-state index contributed by atoms with van der Waals surface area (Å²) in [4.78, 5) is 11.2. The van der Waals surface area contributed by atoms with Gasteiger partial charge in [0.2, 0.25) is 0 Å². The number of ether oxygens (including phenoxy) is 1. The van der Waals surface area contributed by atoms with Gasteiger partial charge in [0.1, 0.15) is 0 Å². The fourth-order valence-electron chi connectivity index (χ4n) is 2.34. The summed E-state index contributed by atoms with van der Waals surface area (Å²) in [6.07, 6.45) is 1.47. The average molecular weight is 298 g/mol. The molecule has 1 saturated heterocycles. The number of sulfone groups is 1. The molecule has 1 fully saturated rings. The van der Waals surface area contributed by atoms with Crippen molar-refractivity contribution in [2.24, 2.45) is 5.92 Å². The van der Waals surface area contributed by atoms with Crippen molar-refractivity contribution in [2.75, 3.05) is 19.0 Å². The molecule has 0 saturated carbocycles. The maximum absolute atomic E-state index is 12.4. The maximum Gasteiger partial charge on any atom is 0.335 e. The van der Waals surface area contributed by atoms with E-state index in [1.807, 2.05) is 0 Å². The van der Waals surface area contributed by atoms with Crippen molar-refractivity contribution in [3.63, 3.8) is 0 Å². The number of carboxylic acids is 1. The Kier molecular flexibility index (Phi) is 4.45. The summed E-state index contributed by atoms with van der Waals surface area (Å²) in [5.41, 5.74) is 0.598. The Hall–Kier alpha value is -1.40. The van der Waals surface area contributed by atoms with E-state index in [1.165, 1.54) is 12.1 Å². The lowest BCUT2D eigenvalue weighted by Gasteiger charge is -2.21. The van der Waals surface area contributed by atoms with E-state index >= 15 is 0 Å². The van der Waals surface area contributed by atoms with Gasteiger partial charge in [-0.05, 0) is 43.4 Å². The van der Waals surface area contributed by atoms with Gasteiger partial charge in [0.05, 0.1) is 16.2 Å². The summed E-state index contributed by atoms with van der Waals surface area (Å²) in [5.74, 6) is -0.965. The summed E-state index contributed by atoms with van der Waals surface area (Å²) in [6, 6.07) is 4.28. The largest absolute Gasteiger partial charge is 0.478 e. The Labute approximate surface area is 118 Å². The molecule has 0 radical (unpaired) electrons. The second-order valence-electron chi connectivity index (χ2n) is 5.12. The van der Waals surface area contributed by atoms with Crippen LogP contribution in [0.5, 0.6) is 0 Å². The molecule has 5 nitrogen and oxygen atoms in total. The predicted molar refractivity (Wildman–Crippen MR) is 73.7 cm³/mol. The van der Waals surface area contributed by atoms with Crippen molar-refractivity contribution in [1.82, 2.24) is 0 Å². The predicted octanol–water partition coefficient (Wildman–Crippen LogP) is 1.89. The van der Waals surface area contributed by atoms with Gasteiger partial charge in [-0.3, -0.25) is 0 Å². The minimum absolute atomic E-state index is 0.0399. The first-order chi connectivity index (χ1) is 9.40. The van der Waals surface area contributed by atoms with Crippen LogP contribution in [0, 0.1) is 12.8 Å². The molecule has 0 atom stereocenters. The number of hydrogen-bond acceptors (Lipinski definition) is 4. The Morgan fingerprint density at radius 3 is 2.60 bits per heavy atom. The van der Waals surface area contributed by atoms with Gasteiger partial charge in [-0.2, -0.15) is 0 Å². The SMILES string of the molecule is Cc1ccc(S(=O)(=O)CC2CCOCC2)cc1C(=O)O. The smallest absolute Gasteiger partial charge is 0.335 e. The highest BCUT2D eigenvalue weighted by Crippen LogP contribution is 2.23. The molecule has 0 bridgehead atoms. The lowest BCUT2D eigenvalue weighted by molar-refractivity contribution is 0.0695. The van der Waals surface area contributed by atoms with Crippen LogP contribution in [0.15, 0.2) is 23.1 Å². The van der Waals surface area contributed by atoms with E-state index in [-0.39, 0.29) is 22.1 Å². The molecule has 0 aromatic heterocycles. The highest BCUT2D eigenvalue weighted by atomic mass is 32.2. The zero-order valence-corrected chi connectivity index (χ0v) is 12.1. The van der Waals surface area contributed by atoms with Gasteiger partial charge in [0.25, 0.3) is 0 Å². The third-order valence-electron chi connectivity index (χ3n) is 3.59.